The van der Waals surface area contributed by atoms with Crippen molar-refractivity contribution in [3.63, 3.8) is 0 Å². The first-order valence-corrected chi connectivity index (χ1v) is 13.6. The summed E-state index contributed by atoms with van der Waals surface area (Å²) in [4.78, 5) is 30.6. The van der Waals surface area contributed by atoms with E-state index in [1.807, 2.05) is 48.5 Å². The van der Waals surface area contributed by atoms with Gasteiger partial charge in [0, 0.05) is 55.1 Å². The monoisotopic (exact) mass is 521 g/mol. The highest BCUT2D eigenvalue weighted by molar-refractivity contribution is 6.09. The molecule has 0 aliphatic rings. The number of unbranched alkanes of at least 4 members (excludes halogenated alkanes) is 2. The van der Waals surface area contributed by atoms with Crippen molar-refractivity contribution in [2.75, 3.05) is 45.2 Å². The van der Waals surface area contributed by atoms with Crippen LogP contribution in [0.2, 0.25) is 0 Å². The number of carbonyl (C=O) groups excluding carboxylic acids is 2. The normalized spacial score (nSPS) is 11.4. The van der Waals surface area contributed by atoms with E-state index in [-0.39, 0.29) is 19.1 Å². The number of benzene rings is 2. The Bertz CT molecular complexity index is 1050. The van der Waals surface area contributed by atoms with Crippen LogP contribution < -0.4 is 10.6 Å². The van der Waals surface area contributed by atoms with E-state index < -0.39 is 0 Å². The molecule has 8 nitrogen and oxygen atoms in total. The van der Waals surface area contributed by atoms with Crippen LogP contribution in [0.1, 0.15) is 63.0 Å². The van der Waals surface area contributed by atoms with Gasteiger partial charge in [0.05, 0.1) is 17.9 Å². The van der Waals surface area contributed by atoms with E-state index in [9.17, 15) is 9.59 Å². The third kappa shape index (κ3) is 10.9. The molecule has 2 aromatic carbocycles. The van der Waals surface area contributed by atoms with E-state index in [4.69, 9.17) is 15.5 Å². The minimum absolute atomic E-state index is 0.107. The molecule has 0 unspecified atom stereocenters. The fraction of sp³-hybridized carbons (Fsp3) is 0.467. The Hall–Kier alpha value is -3.36. The fourth-order valence-corrected chi connectivity index (χ4v) is 3.99. The Kier molecular flexibility index (Phi) is 14.6. The number of nitrogens with zero attached hydrogens (tertiary/aromatic N) is 2. The zero-order valence-corrected chi connectivity index (χ0v) is 22.8. The first kappa shape index (κ1) is 30.9. The lowest BCUT2D eigenvalue weighted by atomic mass is 10.0. The lowest BCUT2D eigenvalue weighted by molar-refractivity contribution is -0.119. The molecule has 0 aliphatic heterocycles. The van der Waals surface area contributed by atoms with Crippen LogP contribution in [0, 0.1) is 5.41 Å². The van der Waals surface area contributed by atoms with E-state index in [1.54, 1.807) is 0 Å². The summed E-state index contributed by atoms with van der Waals surface area (Å²) >= 11 is 0. The van der Waals surface area contributed by atoms with Gasteiger partial charge in [0.1, 0.15) is 6.29 Å². The molecule has 0 radical (unpaired) electrons. The summed E-state index contributed by atoms with van der Waals surface area (Å²) in [6.07, 6.45) is 5.88. The highest BCUT2D eigenvalue weighted by Crippen LogP contribution is 2.25. The largest absolute Gasteiger partial charge is 0.396 e. The minimum Gasteiger partial charge on any atom is -0.396 e. The molecule has 0 saturated carbocycles. The van der Waals surface area contributed by atoms with Gasteiger partial charge in [-0.3, -0.25) is 9.79 Å². The van der Waals surface area contributed by atoms with Gasteiger partial charge in [0.15, 0.2) is 0 Å². The maximum Gasteiger partial charge on any atom is 0.239 e. The van der Waals surface area contributed by atoms with Gasteiger partial charge >= 0.3 is 0 Å². The van der Waals surface area contributed by atoms with Crippen LogP contribution in [0.15, 0.2) is 53.5 Å². The number of hydrogen-bond acceptors (Lipinski definition) is 7. The quantitative estimate of drug-likeness (QED) is 0.123. The van der Waals surface area contributed by atoms with E-state index >= 15 is 0 Å². The second-order valence-corrected chi connectivity index (χ2v) is 9.35. The van der Waals surface area contributed by atoms with E-state index in [0.29, 0.717) is 43.6 Å². The molecule has 0 fully saturated rings. The molecule has 206 valence electrons. The van der Waals surface area contributed by atoms with Gasteiger partial charge in [-0.2, -0.15) is 0 Å². The number of nitrogens with one attached hydrogen (secondary N) is 3. The Morgan fingerprint density at radius 3 is 2.50 bits per heavy atom. The number of hydrogen-bond donors (Lipinski definition) is 4. The van der Waals surface area contributed by atoms with Gasteiger partial charge in [-0.25, -0.2) is 0 Å². The second-order valence-electron chi connectivity index (χ2n) is 9.35. The van der Waals surface area contributed by atoms with Crippen molar-refractivity contribution in [3.05, 3.63) is 59.7 Å². The number of carbonyl (C=O) groups is 2. The van der Waals surface area contributed by atoms with Crippen LogP contribution in [-0.2, 0) is 9.59 Å². The van der Waals surface area contributed by atoms with E-state index in [2.05, 4.69) is 29.5 Å². The predicted octanol–water partition coefficient (Wildman–Crippen LogP) is 4.58. The SMILES string of the molecule is CCCCN(C)CCC(=Nc1ccccc1C(=N)CCC=O)c1ccccc1NCC(=O)NCCCCO. The van der Waals surface area contributed by atoms with Crippen molar-refractivity contribution in [2.24, 2.45) is 4.99 Å². The minimum atomic E-state index is -0.107. The Morgan fingerprint density at radius 2 is 1.76 bits per heavy atom. The fourth-order valence-electron chi connectivity index (χ4n) is 3.99. The van der Waals surface area contributed by atoms with Crippen LogP contribution in [0.4, 0.5) is 11.4 Å². The number of aliphatic imine (C=N–C) groups is 1. The Balaban J connectivity index is 2.33. The van der Waals surface area contributed by atoms with Crippen molar-refractivity contribution >= 4 is 35.0 Å². The molecule has 2 rings (SSSR count). The molecule has 0 spiro atoms. The topological polar surface area (TPSA) is 118 Å². The average molecular weight is 522 g/mol. The van der Waals surface area contributed by atoms with Gasteiger partial charge in [0.2, 0.25) is 5.91 Å². The maximum atomic E-state index is 12.4. The standard InChI is InChI=1S/C30H43N5O3/c1-3-4-19-35(2)20-17-29(34-28-16-8-5-12-24(28)26(31)14-11-22-37)25-13-6-7-15-27(25)33-23-30(38)32-18-9-10-21-36/h5-8,12-13,15-16,22,31,33,36H,3-4,9-11,14,17-21,23H2,1-2H3,(H,32,38). The van der Waals surface area contributed by atoms with Gasteiger partial charge in [-0.15, -0.1) is 0 Å². The summed E-state index contributed by atoms with van der Waals surface area (Å²) in [6, 6.07) is 15.4. The lowest BCUT2D eigenvalue weighted by Gasteiger charge is -2.19. The highest BCUT2D eigenvalue weighted by atomic mass is 16.3. The first-order chi connectivity index (χ1) is 18.5. The van der Waals surface area contributed by atoms with E-state index in [1.165, 1.54) is 0 Å². The number of aldehydes is 1. The smallest absolute Gasteiger partial charge is 0.239 e. The van der Waals surface area contributed by atoms with Gasteiger partial charge < -0.3 is 30.8 Å². The number of para-hydroxylation sites is 2. The van der Waals surface area contributed by atoms with Crippen LogP contribution in [0.3, 0.4) is 0 Å². The van der Waals surface area contributed by atoms with Crippen molar-refractivity contribution in [2.45, 2.75) is 51.9 Å². The summed E-state index contributed by atoms with van der Waals surface area (Å²) in [5.74, 6) is -0.107. The lowest BCUT2D eigenvalue weighted by Crippen LogP contribution is -2.31. The van der Waals surface area contributed by atoms with Crippen molar-refractivity contribution < 1.29 is 14.7 Å². The van der Waals surface area contributed by atoms with Crippen LogP contribution in [0.25, 0.3) is 0 Å². The summed E-state index contributed by atoms with van der Waals surface area (Å²) < 4.78 is 0. The molecular formula is C30H43N5O3. The first-order valence-electron chi connectivity index (χ1n) is 13.6. The molecule has 0 heterocycles. The molecule has 38 heavy (non-hydrogen) atoms. The molecule has 4 N–H and O–H groups in total. The van der Waals surface area contributed by atoms with Crippen LogP contribution in [-0.4, -0.2) is 73.5 Å². The molecule has 1 amide bonds. The number of aliphatic hydroxyl groups is 1. The Morgan fingerprint density at radius 1 is 1.03 bits per heavy atom. The van der Waals surface area contributed by atoms with Crippen molar-refractivity contribution in [1.82, 2.24) is 10.2 Å². The third-order valence-electron chi connectivity index (χ3n) is 6.20. The molecule has 0 aliphatic carbocycles. The predicted molar refractivity (Wildman–Crippen MR) is 156 cm³/mol. The zero-order valence-electron chi connectivity index (χ0n) is 22.8. The third-order valence-corrected chi connectivity index (χ3v) is 6.20. The Labute approximate surface area is 227 Å². The molecule has 0 aromatic heterocycles. The molecule has 0 atom stereocenters. The maximum absolute atomic E-state index is 12.4. The molecule has 2 aromatic rings. The van der Waals surface area contributed by atoms with Crippen molar-refractivity contribution in [1.29, 1.82) is 5.41 Å². The van der Waals surface area contributed by atoms with Gasteiger partial charge in [-0.05, 0) is 51.4 Å². The van der Waals surface area contributed by atoms with Gasteiger partial charge in [-0.1, -0.05) is 49.7 Å². The zero-order chi connectivity index (χ0) is 27.6. The summed E-state index contributed by atoms with van der Waals surface area (Å²) in [5.41, 5.74) is 4.42. The second kappa shape index (κ2) is 18.0. The van der Waals surface area contributed by atoms with Crippen molar-refractivity contribution in [3.8, 4) is 0 Å². The highest BCUT2D eigenvalue weighted by Gasteiger charge is 2.14. The average Bonchev–Trinajstić information content (AvgIpc) is 2.94. The number of rotatable bonds is 19. The molecular weight excluding hydrogens is 478 g/mol. The van der Waals surface area contributed by atoms with Crippen LogP contribution >= 0.6 is 0 Å². The van der Waals surface area contributed by atoms with Crippen LogP contribution in [0.5, 0.6) is 0 Å². The summed E-state index contributed by atoms with van der Waals surface area (Å²) in [6.45, 7) is 4.80. The molecule has 8 heteroatoms. The number of aliphatic hydroxyl groups excluding tert-OH is 1. The molecule has 0 saturated heterocycles. The summed E-state index contributed by atoms with van der Waals surface area (Å²) in [7, 11) is 2.11. The number of amides is 1. The van der Waals surface area contributed by atoms with E-state index in [0.717, 1.165) is 61.2 Å². The summed E-state index contributed by atoms with van der Waals surface area (Å²) in [5, 5.41) is 23.6. The molecule has 0 bridgehead atoms. The number of anilines is 1. The van der Waals surface area contributed by atoms with Gasteiger partial charge in [0.25, 0.3) is 0 Å².